The van der Waals surface area contributed by atoms with E-state index in [0.29, 0.717) is 4.90 Å². The lowest BCUT2D eigenvalue weighted by Gasteiger charge is -2.27. The van der Waals surface area contributed by atoms with E-state index in [2.05, 4.69) is 0 Å². The standard InChI is InChI=1S/C9H15F3N2O3/c1-3-14(6-9(10,11)12)8(17)13(2)5-4-7(15)16/h3-6H2,1-2H3,(H,15,16). The lowest BCUT2D eigenvalue weighted by molar-refractivity contribution is -0.141. The van der Waals surface area contributed by atoms with Crippen molar-refractivity contribution in [3.63, 3.8) is 0 Å². The molecule has 0 bridgehead atoms. The van der Waals surface area contributed by atoms with Gasteiger partial charge in [-0.1, -0.05) is 0 Å². The monoisotopic (exact) mass is 256 g/mol. The number of rotatable bonds is 5. The van der Waals surface area contributed by atoms with Crippen LogP contribution in [0.15, 0.2) is 0 Å². The number of carbonyl (C=O) groups excluding carboxylic acids is 1. The number of aliphatic carboxylic acids is 1. The topological polar surface area (TPSA) is 60.9 Å². The molecule has 0 aromatic heterocycles. The van der Waals surface area contributed by atoms with Gasteiger partial charge in [0.25, 0.3) is 0 Å². The molecular weight excluding hydrogens is 241 g/mol. The third-order valence-corrected chi connectivity index (χ3v) is 2.01. The summed E-state index contributed by atoms with van der Waals surface area (Å²) in [7, 11) is 1.27. The maximum absolute atomic E-state index is 12.1. The zero-order valence-electron chi connectivity index (χ0n) is 9.62. The van der Waals surface area contributed by atoms with Crippen LogP contribution in [0.25, 0.3) is 0 Å². The fraction of sp³-hybridized carbons (Fsp3) is 0.778. The van der Waals surface area contributed by atoms with Gasteiger partial charge < -0.3 is 14.9 Å². The summed E-state index contributed by atoms with van der Waals surface area (Å²) in [5, 5.41) is 8.39. The predicted molar refractivity (Wildman–Crippen MR) is 53.6 cm³/mol. The summed E-state index contributed by atoms with van der Waals surface area (Å²) in [6.07, 6.45) is -4.76. The van der Waals surface area contributed by atoms with Crippen molar-refractivity contribution in [2.75, 3.05) is 26.7 Å². The minimum absolute atomic E-state index is 0.0875. The van der Waals surface area contributed by atoms with Crippen molar-refractivity contribution < 1.29 is 27.9 Å². The van der Waals surface area contributed by atoms with Crippen molar-refractivity contribution in [1.82, 2.24) is 9.80 Å². The van der Waals surface area contributed by atoms with Crippen molar-refractivity contribution >= 4 is 12.0 Å². The molecule has 100 valence electrons. The molecule has 8 heteroatoms. The summed E-state index contributed by atoms with van der Waals surface area (Å²) >= 11 is 0. The van der Waals surface area contributed by atoms with E-state index in [1.54, 1.807) is 0 Å². The maximum atomic E-state index is 12.1. The summed E-state index contributed by atoms with van der Waals surface area (Å²) in [6.45, 7) is -0.118. The van der Waals surface area contributed by atoms with Gasteiger partial charge in [0.05, 0.1) is 6.42 Å². The maximum Gasteiger partial charge on any atom is 0.406 e. The van der Waals surface area contributed by atoms with E-state index in [0.717, 1.165) is 4.90 Å². The first-order chi connectivity index (χ1) is 7.67. The molecule has 0 aliphatic heterocycles. The van der Waals surface area contributed by atoms with Crippen LogP contribution in [0.4, 0.5) is 18.0 Å². The number of hydrogen-bond donors (Lipinski definition) is 1. The number of halogens is 3. The van der Waals surface area contributed by atoms with Gasteiger partial charge in [-0.15, -0.1) is 0 Å². The highest BCUT2D eigenvalue weighted by Crippen LogP contribution is 2.17. The molecule has 0 aliphatic carbocycles. The summed E-state index contributed by atoms with van der Waals surface area (Å²) in [4.78, 5) is 23.4. The number of alkyl halides is 3. The van der Waals surface area contributed by atoms with Gasteiger partial charge in [-0.05, 0) is 6.92 Å². The third-order valence-electron chi connectivity index (χ3n) is 2.01. The van der Waals surface area contributed by atoms with Crippen LogP contribution >= 0.6 is 0 Å². The average Bonchev–Trinajstić information content (AvgIpc) is 2.20. The van der Waals surface area contributed by atoms with Crippen molar-refractivity contribution in [3.05, 3.63) is 0 Å². The van der Waals surface area contributed by atoms with Crippen LogP contribution in [0.1, 0.15) is 13.3 Å². The molecule has 0 heterocycles. The fourth-order valence-corrected chi connectivity index (χ4v) is 1.13. The van der Waals surface area contributed by atoms with Gasteiger partial charge in [-0.2, -0.15) is 13.2 Å². The second-order valence-electron chi connectivity index (χ2n) is 3.48. The first-order valence-electron chi connectivity index (χ1n) is 4.96. The van der Waals surface area contributed by atoms with Crippen LogP contribution in [0, 0.1) is 0 Å². The number of carboxylic acids is 1. The van der Waals surface area contributed by atoms with Gasteiger partial charge in [0.15, 0.2) is 0 Å². The molecule has 0 aromatic rings. The highest BCUT2D eigenvalue weighted by Gasteiger charge is 2.33. The van der Waals surface area contributed by atoms with Crippen LogP contribution in [0.5, 0.6) is 0 Å². The molecule has 0 saturated heterocycles. The summed E-state index contributed by atoms with van der Waals surface area (Å²) < 4.78 is 36.4. The summed E-state index contributed by atoms with van der Waals surface area (Å²) in [6, 6.07) is -0.828. The molecule has 0 saturated carbocycles. The Kier molecular flexibility index (Phi) is 5.77. The van der Waals surface area contributed by atoms with E-state index < -0.39 is 24.7 Å². The first-order valence-corrected chi connectivity index (χ1v) is 4.96. The van der Waals surface area contributed by atoms with Gasteiger partial charge in [0.1, 0.15) is 6.54 Å². The lowest BCUT2D eigenvalue weighted by Crippen LogP contribution is -2.45. The largest absolute Gasteiger partial charge is 0.481 e. The molecular formula is C9H15F3N2O3. The highest BCUT2D eigenvalue weighted by molar-refractivity contribution is 5.75. The highest BCUT2D eigenvalue weighted by atomic mass is 19.4. The number of carboxylic acid groups (broad SMARTS) is 1. The second kappa shape index (κ2) is 6.31. The fourth-order valence-electron chi connectivity index (χ4n) is 1.13. The molecule has 0 unspecified atom stereocenters. The van der Waals surface area contributed by atoms with E-state index in [4.69, 9.17) is 5.11 Å². The van der Waals surface area contributed by atoms with Gasteiger partial charge in [-0.3, -0.25) is 4.79 Å². The molecule has 0 fully saturated rings. The molecule has 0 spiro atoms. The minimum atomic E-state index is -4.46. The van der Waals surface area contributed by atoms with Crippen molar-refractivity contribution in [2.24, 2.45) is 0 Å². The molecule has 5 nitrogen and oxygen atoms in total. The van der Waals surface area contributed by atoms with Gasteiger partial charge in [-0.25, -0.2) is 4.79 Å². The van der Waals surface area contributed by atoms with Crippen LogP contribution in [0.2, 0.25) is 0 Å². The average molecular weight is 256 g/mol. The predicted octanol–water partition coefficient (Wildman–Crippen LogP) is 1.40. The Morgan fingerprint density at radius 3 is 2.18 bits per heavy atom. The number of amides is 2. The Labute approximate surface area is 96.8 Å². The van der Waals surface area contributed by atoms with Crippen LogP contribution in [0.3, 0.4) is 0 Å². The Morgan fingerprint density at radius 1 is 1.29 bits per heavy atom. The summed E-state index contributed by atoms with van der Waals surface area (Å²) in [5.74, 6) is -1.11. The smallest absolute Gasteiger partial charge is 0.406 e. The molecule has 2 amide bonds. The van der Waals surface area contributed by atoms with E-state index in [1.165, 1.54) is 14.0 Å². The Morgan fingerprint density at radius 2 is 1.82 bits per heavy atom. The van der Waals surface area contributed by atoms with Crippen molar-refractivity contribution in [1.29, 1.82) is 0 Å². The van der Waals surface area contributed by atoms with Gasteiger partial charge >= 0.3 is 18.2 Å². The van der Waals surface area contributed by atoms with Gasteiger partial charge in [0.2, 0.25) is 0 Å². The van der Waals surface area contributed by atoms with E-state index in [9.17, 15) is 22.8 Å². The third kappa shape index (κ3) is 6.64. The lowest BCUT2D eigenvalue weighted by atomic mass is 10.4. The first kappa shape index (κ1) is 15.5. The van der Waals surface area contributed by atoms with E-state index in [-0.39, 0.29) is 19.5 Å². The SMILES string of the molecule is CCN(CC(F)(F)F)C(=O)N(C)CCC(=O)O. The molecule has 0 aliphatic rings. The summed E-state index contributed by atoms with van der Waals surface area (Å²) in [5.41, 5.74) is 0. The molecule has 17 heavy (non-hydrogen) atoms. The molecule has 0 atom stereocenters. The second-order valence-corrected chi connectivity index (χ2v) is 3.48. The van der Waals surface area contributed by atoms with Crippen molar-refractivity contribution in [2.45, 2.75) is 19.5 Å². The van der Waals surface area contributed by atoms with Crippen LogP contribution in [-0.2, 0) is 4.79 Å². The zero-order valence-corrected chi connectivity index (χ0v) is 9.62. The quantitative estimate of drug-likeness (QED) is 0.808. The molecule has 0 rings (SSSR count). The van der Waals surface area contributed by atoms with Crippen LogP contribution < -0.4 is 0 Å². The molecule has 0 aromatic carbocycles. The Bertz CT molecular complexity index is 281. The molecule has 0 radical (unpaired) electrons. The zero-order chi connectivity index (χ0) is 13.6. The Hall–Kier alpha value is -1.47. The Balaban J connectivity index is 4.37. The van der Waals surface area contributed by atoms with E-state index >= 15 is 0 Å². The van der Waals surface area contributed by atoms with E-state index in [1.807, 2.05) is 0 Å². The molecule has 1 N–H and O–H groups in total. The van der Waals surface area contributed by atoms with Crippen LogP contribution in [-0.4, -0.2) is 59.8 Å². The number of nitrogens with zero attached hydrogens (tertiary/aromatic N) is 2. The normalized spacial score (nSPS) is 11.1. The number of hydrogen-bond acceptors (Lipinski definition) is 2. The number of urea groups is 1. The van der Waals surface area contributed by atoms with Gasteiger partial charge in [0, 0.05) is 20.1 Å². The minimum Gasteiger partial charge on any atom is -0.481 e. The number of carbonyl (C=O) groups is 2. The van der Waals surface area contributed by atoms with Crippen molar-refractivity contribution in [3.8, 4) is 0 Å².